The van der Waals surface area contributed by atoms with Crippen molar-refractivity contribution < 1.29 is 14.6 Å². The first-order valence-corrected chi connectivity index (χ1v) is 7.36. The second kappa shape index (κ2) is 5.89. The summed E-state index contributed by atoms with van der Waals surface area (Å²) in [4.78, 5) is 15.6. The fourth-order valence-corrected chi connectivity index (χ4v) is 2.72. The van der Waals surface area contributed by atoms with Gasteiger partial charge in [0, 0.05) is 10.4 Å². The monoisotopic (exact) mass is 327 g/mol. The molecule has 2 aromatic carbocycles. The van der Waals surface area contributed by atoms with E-state index in [0.29, 0.717) is 21.9 Å². The molecule has 0 radical (unpaired) electrons. The van der Waals surface area contributed by atoms with Crippen molar-refractivity contribution in [2.24, 2.45) is 0 Å². The van der Waals surface area contributed by atoms with Crippen molar-refractivity contribution in [3.8, 4) is 16.9 Å². The van der Waals surface area contributed by atoms with E-state index in [9.17, 15) is 9.90 Å². The second-order valence-electron chi connectivity index (χ2n) is 5.18. The number of aromatic nitrogens is 1. The zero-order valence-electron chi connectivity index (χ0n) is 12.6. The number of fused-ring (bicyclic) bond motifs is 1. The third-order valence-corrected chi connectivity index (χ3v) is 3.97. The predicted octanol–water partition coefficient (Wildman–Crippen LogP) is 4.57. The molecule has 116 valence electrons. The first-order chi connectivity index (χ1) is 11.0. The molecule has 0 amide bonds. The van der Waals surface area contributed by atoms with Crippen LogP contribution < -0.4 is 4.74 Å². The number of rotatable bonds is 3. The number of carboxylic acids is 1. The van der Waals surface area contributed by atoms with Crippen molar-refractivity contribution in [1.82, 2.24) is 4.98 Å². The number of aryl methyl sites for hydroxylation is 1. The molecular formula is C18H14ClNO3. The summed E-state index contributed by atoms with van der Waals surface area (Å²) in [5.74, 6) is -0.511. The number of carbonyl (C=O) groups is 1. The molecule has 0 atom stereocenters. The summed E-state index contributed by atoms with van der Waals surface area (Å²) in [5.41, 5.74) is 3.09. The lowest BCUT2D eigenvalue weighted by atomic mass is 9.98. The Bertz CT molecular complexity index is 904. The quantitative estimate of drug-likeness (QED) is 0.765. The van der Waals surface area contributed by atoms with Gasteiger partial charge >= 0.3 is 5.97 Å². The van der Waals surface area contributed by atoms with E-state index in [-0.39, 0.29) is 5.69 Å². The highest BCUT2D eigenvalue weighted by Gasteiger charge is 2.16. The highest BCUT2D eigenvalue weighted by atomic mass is 35.5. The number of pyridine rings is 1. The molecular weight excluding hydrogens is 314 g/mol. The number of ether oxygens (including phenoxy) is 1. The Kier molecular flexibility index (Phi) is 3.92. The number of hydrogen-bond donors (Lipinski definition) is 1. The lowest BCUT2D eigenvalue weighted by Crippen LogP contribution is -2.04. The third kappa shape index (κ3) is 2.73. The summed E-state index contributed by atoms with van der Waals surface area (Å²) in [5, 5.41) is 10.8. The van der Waals surface area contributed by atoms with Gasteiger partial charge in [-0.2, -0.15) is 0 Å². The lowest BCUT2D eigenvalue weighted by molar-refractivity contribution is 0.0690. The molecule has 0 aliphatic heterocycles. The van der Waals surface area contributed by atoms with Crippen LogP contribution in [0.4, 0.5) is 0 Å². The number of nitrogens with zero attached hydrogens (tertiary/aromatic N) is 1. The van der Waals surface area contributed by atoms with Crippen LogP contribution in [0.15, 0.2) is 42.5 Å². The molecule has 23 heavy (non-hydrogen) atoms. The Hall–Kier alpha value is -2.59. The minimum absolute atomic E-state index is 0.0315. The zero-order chi connectivity index (χ0) is 16.6. The molecule has 3 rings (SSSR count). The number of methoxy groups -OCH3 is 1. The largest absolute Gasteiger partial charge is 0.494 e. The molecule has 0 saturated heterocycles. The van der Waals surface area contributed by atoms with Gasteiger partial charge in [-0.25, -0.2) is 9.78 Å². The van der Waals surface area contributed by atoms with Crippen LogP contribution in [0.3, 0.4) is 0 Å². The molecule has 1 N–H and O–H groups in total. The Morgan fingerprint density at radius 1 is 1.17 bits per heavy atom. The van der Waals surface area contributed by atoms with Crippen LogP contribution in [0, 0.1) is 6.92 Å². The molecule has 1 aromatic heterocycles. The van der Waals surface area contributed by atoms with E-state index >= 15 is 0 Å². The summed E-state index contributed by atoms with van der Waals surface area (Å²) in [6.45, 7) is 1.74. The Balaban J connectivity index is 2.34. The zero-order valence-corrected chi connectivity index (χ0v) is 13.4. The van der Waals surface area contributed by atoms with Crippen LogP contribution in [-0.4, -0.2) is 23.2 Å². The molecule has 0 bridgehead atoms. The smallest absolute Gasteiger partial charge is 0.354 e. The Labute approximate surface area is 138 Å². The van der Waals surface area contributed by atoms with E-state index in [1.54, 1.807) is 20.1 Å². The number of carboxylic acid groups (broad SMARTS) is 1. The number of hydrogen-bond acceptors (Lipinski definition) is 3. The highest BCUT2D eigenvalue weighted by Crippen LogP contribution is 2.35. The minimum atomic E-state index is -1.05. The number of halogens is 1. The van der Waals surface area contributed by atoms with Crippen molar-refractivity contribution in [3.05, 3.63) is 58.7 Å². The molecule has 0 spiro atoms. The second-order valence-corrected chi connectivity index (χ2v) is 5.61. The van der Waals surface area contributed by atoms with Gasteiger partial charge < -0.3 is 9.84 Å². The van der Waals surface area contributed by atoms with Gasteiger partial charge in [0.05, 0.1) is 7.11 Å². The van der Waals surface area contributed by atoms with Gasteiger partial charge in [0.2, 0.25) is 0 Å². The molecule has 0 aliphatic carbocycles. The Morgan fingerprint density at radius 2 is 1.87 bits per heavy atom. The summed E-state index contributed by atoms with van der Waals surface area (Å²) < 4.78 is 5.34. The van der Waals surface area contributed by atoms with E-state index in [2.05, 4.69) is 4.98 Å². The molecule has 5 heteroatoms. The summed E-state index contributed by atoms with van der Waals surface area (Å²) in [6, 6.07) is 13.0. The number of aromatic carboxylic acids is 1. The van der Waals surface area contributed by atoms with E-state index in [4.69, 9.17) is 16.3 Å². The van der Waals surface area contributed by atoms with E-state index in [1.165, 1.54) is 0 Å². The topological polar surface area (TPSA) is 59.4 Å². The predicted molar refractivity (Wildman–Crippen MR) is 90.4 cm³/mol. The Morgan fingerprint density at radius 3 is 2.48 bits per heavy atom. The normalized spacial score (nSPS) is 10.7. The molecule has 0 aliphatic rings. The fraction of sp³-hybridized carbons (Fsp3) is 0.111. The molecule has 0 saturated carbocycles. The number of benzene rings is 2. The van der Waals surface area contributed by atoms with Crippen LogP contribution in [0.5, 0.6) is 5.75 Å². The van der Waals surface area contributed by atoms with Crippen LogP contribution >= 0.6 is 11.6 Å². The maximum absolute atomic E-state index is 11.3. The van der Waals surface area contributed by atoms with Crippen molar-refractivity contribution in [1.29, 1.82) is 0 Å². The van der Waals surface area contributed by atoms with E-state index < -0.39 is 5.97 Å². The molecule has 4 nitrogen and oxygen atoms in total. The van der Waals surface area contributed by atoms with Gasteiger partial charge in [-0.3, -0.25) is 0 Å². The van der Waals surface area contributed by atoms with Crippen molar-refractivity contribution in [2.75, 3.05) is 7.11 Å². The van der Waals surface area contributed by atoms with Gasteiger partial charge in [0.25, 0.3) is 0 Å². The average molecular weight is 328 g/mol. The summed E-state index contributed by atoms with van der Waals surface area (Å²) >= 11 is 5.95. The van der Waals surface area contributed by atoms with Crippen LogP contribution in [0.2, 0.25) is 5.02 Å². The van der Waals surface area contributed by atoms with Gasteiger partial charge in [0.15, 0.2) is 5.69 Å². The first kappa shape index (κ1) is 15.3. The van der Waals surface area contributed by atoms with Gasteiger partial charge in [-0.05, 0) is 53.9 Å². The highest BCUT2D eigenvalue weighted by molar-refractivity contribution is 6.30. The summed E-state index contributed by atoms with van der Waals surface area (Å²) in [6.07, 6.45) is 0. The minimum Gasteiger partial charge on any atom is -0.494 e. The van der Waals surface area contributed by atoms with Crippen molar-refractivity contribution in [3.63, 3.8) is 0 Å². The average Bonchev–Trinajstić information content (AvgIpc) is 2.54. The molecule has 1 heterocycles. The van der Waals surface area contributed by atoms with Gasteiger partial charge in [0.1, 0.15) is 11.3 Å². The standard InChI is InChI=1S/C18H14ClNO3/c1-10-9-14-13(11-3-5-12(19)6-4-11)7-8-15(23-2)17(14)20-16(10)18(21)22/h3-9H,1-2H3,(H,21,22). The van der Waals surface area contributed by atoms with Gasteiger partial charge in [-0.1, -0.05) is 23.7 Å². The molecule has 3 aromatic rings. The molecule has 0 unspecified atom stereocenters. The first-order valence-electron chi connectivity index (χ1n) is 6.99. The van der Waals surface area contributed by atoms with Crippen LogP contribution in [0.25, 0.3) is 22.0 Å². The van der Waals surface area contributed by atoms with E-state index in [0.717, 1.165) is 16.5 Å². The third-order valence-electron chi connectivity index (χ3n) is 3.72. The SMILES string of the molecule is COc1ccc(-c2ccc(Cl)cc2)c2cc(C)c(C(=O)O)nc12. The maximum Gasteiger partial charge on any atom is 0.354 e. The van der Waals surface area contributed by atoms with Gasteiger partial charge in [-0.15, -0.1) is 0 Å². The summed E-state index contributed by atoms with van der Waals surface area (Å²) in [7, 11) is 1.54. The lowest BCUT2D eigenvalue weighted by Gasteiger charge is -2.12. The molecule has 0 fully saturated rings. The van der Waals surface area contributed by atoms with Crippen molar-refractivity contribution in [2.45, 2.75) is 6.92 Å². The van der Waals surface area contributed by atoms with Crippen LogP contribution in [-0.2, 0) is 0 Å². The van der Waals surface area contributed by atoms with Crippen LogP contribution in [0.1, 0.15) is 16.1 Å². The van der Waals surface area contributed by atoms with Crippen molar-refractivity contribution >= 4 is 28.5 Å². The maximum atomic E-state index is 11.3. The van der Waals surface area contributed by atoms with E-state index in [1.807, 2.05) is 36.4 Å². The fourth-order valence-electron chi connectivity index (χ4n) is 2.60.